The van der Waals surface area contributed by atoms with Crippen molar-refractivity contribution < 1.29 is 24.8 Å². The molecule has 8 nitrogen and oxygen atoms in total. The number of aromatic nitrogens is 3. The van der Waals surface area contributed by atoms with Crippen LogP contribution in [-0.2, 0) is 18.6 Å². The largest absolute Gasteiger partial charge is 0.491 e. The van der Waals surface area contributed by atoms with Crippen molar-refractivity contribution >= 4 is 11.6 Å². The third-order valence-corrected chi connectivity index (χ3v) is 6.18. The first-order valence-electron chi connectivity index (χ1n) is 11.1. The molecule has 2 unspecified atom stereocenters. The Morgan fingerprint density at radius 2 is 1.41 bits per heavy atom. The molecule has 2 atom stereocenters. The van der Waals surface area contributed by atoms with Gasteiger partial charge in [0.2, 0.25) is 0 Å². The predicted octanol–water partition coefficient (Wildman–Crippen LogP) is 2.82. The maximum atomic E-state index is 10.3. The Morgan fingerprint density at radius 1 is 0.912 bits per heavy atom. The first-order valence-corrected chi connectivity index (χ1v) is 11.7. The Labute approximate surface area is 204 Å². The zero-order valence-corrected chi connectivity index (χ0v) is 20.4. The second kappa shape index (κ2) is 11.7. The van der Waals surface area contributed by atoms with Crippen LogP contribution < -0.4 is 9.47 Å². The first-order chi connectivity index (χ1) is 16.2. The Morgan fingerprint density at radius 3 is 1.85 bits per heavy atom. The Bertz CT molecular complexity index is 1040. The smallest absolute Gasteiger partial charge is 0.119 e. The van der Waals surface area contributed by atoms with E-state index in [0.29, 0.717) is 17.2 Å². The van der Waals surface area contributed by atoms with E-state index in [1.807, 2.05) is 48.5 Å². The molecule has 1 aromatic heterocycles. The van der Waals surface area contributed by atoms with Crippen molar-refractivity contribution in [2.75, 3.05) is 19.1 Å². The summed E-state index contributed by atoms with van der Waals surface area (Å²) >= 11 is 5.60. The van der Waals surface area contributed by atoms with Crippen LogP contribution in [0, 0.1) is 6.92 Å². The lowest BCUT2D eigenvalue weighted by Gasteiger charge is -2.26. The Hall–Kier alpha value is -2.65. The quantitative estimate of drug-likeness (QED) is 0.335. The molecule has 0 radical (unpaired) electrons. The third-order valence-electron chi connectivity index (χ3n) is 5.83. The summed E-state index contributed by atoms with van der Waals surface area (Å²) in [5.74, 6) is 1.47. The molecule has 0 fully saturated rings. The number of nitrogens with zero attached hydrogens (tertiary/aromatic N) is 3. The standard InChI is InChI=1S/C25H32ClN3O5/c1-17-24(14-30)27-28-29(17)13-21(32)16-34-23-10-6-19(7-11-23)25(2,3)18-4-8-22(9-5-18)33-15-20(31)12-26/h4-11,20-21,30-32H,12-16H2,1-3H3. The monoisotopic (exact) mass is 489 g/mol. The van der Waals surface area contributed by atoms with Crippen molar-refractivity contribution in [3.8, 4) is 11.5 Å². The second-order valence-electron chi connectivity index (χ2n) is 8.72. The highest BCUT2D eigenvalue weighted by Crippen LogP contribution is 2.33. The van der Waals surface area contributed by atoms with Gasteiger partial charge >= 0.3 is 0 Å². The van der Waals surface area contributed by atoms with E-state index in [4.69, 9.17) is 21.1 Å². The molecule has 9 heteroatoms. The van der Waals surface area contributed by atoms with Crippen molar-refractivity contribution in [1.29, 1.82) is 0 Å². The topological polar surface area (TPSA) is 110 Å². The molecule has 0 spiro atoms. The van der Waals surface area contributed by atoms with E-state index in [1.54, 1.807) is 11.6 Å². The van der Waals surface area contributed by atoms with E-state index in [9.17, 15) is 15.3 Å². The second-order valence-corrected chi connectivity index (χ2v) is 9.03. The molecule has 0 bridgehead atoms. The van der Waals surface area contributed by atoms with E-state index in [-0.39, 0.29) is 37.7 Å². The summed E-state index contributed by atoms with van der Waals surface area (Å²) < 4.78 is 12.9. The van der Waals surface area contributed by atoms with E-state index >= 15 is 0 Å². The summed E-state index contributed by atoms with van der Waals surface area (Å²) in [6.07, 6.45) is -1.46. The molecule has 0 saturated carbocycles. The van der Waals surface area contributed by atoms with Gasteiger partial charge in [-0.15, -0.1) is 16.7 Å². The number of benzene rings is 2. The van der Waals surface area contributed by atoms with Crippen molar-refractivity contribution in [2.45, 2.75) is 51.5 Å². The molecule has 0 aliphatic heterocycles. The highest BCUT2D eigenvalue weighted by Gasteiger charge is 2.23. The normalized spacial score (nSPS) is 13.5. The molecule has 2 aromatic carbocycles. The molecule has 0 aliphatic rings. The van der Waals surface area contributed by atoms with Gasteiger partial charge in [0.15, 0.2) is 0 Å². The van der Waals surface area contributed by atoms with Gasteiger partial charge in [-0.05, 0) is 42.3 Å². The fraction of sp³-hybridized carbons (Fsp3) is 0.440. The number of halogens is 1. The molecule has 34 heavy (non-hydrogen) atoms. The molecule has 0 saturated heterocycles. The highest BCUT2D eigenvalue weighted by molar-refractivity contribution is 6.18. The van der Waals surface area contributed by atoms with Crippen molar-refractivity contribution in [1.82, 2.24) is 15.0 Å². The Balaban J connectivity index is 1.56. The lowest BCUT2D eigenvalue weighted by molar-refractivity contribution is 0.0882. The van der Waals surface area contributed by atoms with Crippen molar-refractivity contribution in [2.24, 2.45) is 0 Å². The van der Waals surface area contributed by atoms with Crippen LogP contribution in [-0.4, -0.2) is 61.6 Å². The summed E-state index contributed by atoms with van der Waals surface area (Å²) in [5, 5.41) is 36.9. The van der Waals surface area contributed by atoms with Crippen LogP contribution >= 0.6 is 11.6 Å². The third kappa shape index (κ3) is 6.48. The highest BCUT2D eigenvalue weighted by atomic mass is 35.5. The van der Waals surface area contributed by atoms with Crippen LogP contribution in [0.3, 0.4) is 0 Å². The molecule has 3 N–H and O–H groups in total. The zero-order valence-electron chi connectivity index (χ0n) is 19.7. The minimum Gasteiger partial charge on any atom is -0.491 e. The van der Waals surface area contributed by atoms with E-state index < -0.39 is 12.2 Å². The van der Waals surface area contributed by atoms with Crippen LogP contribution in [0.1, 0.15) is 36.4 Å². The number of ether oxygens (including phenoxy) is 2. The molecule has 3 rings (SSSR count). The number of alkyl halides is 1. The van der Waals surface area contributed by atoms with Gasteiger partial charge in [-0.1, -0.05) is 43.3 Å². The lowest BCUT2D eigenvalue weighted by Crippen LogP contribution is -2.25. The Kier molecular flexibility index (Phi) is 8.90. The van der Waals surface area contributed by atoms with E-state index in [0.717, 1.165) is 16.8 Å². The maximum absolute atomic E-state index is 10.3. The van der Waals surface area contributed by atoms with Crippen LogP contribution in [0.15, 0.2) is 48.5 Å². The molecule has 1 heterocycles. The SMILES string of the molecule is Cc1c(CO)nnn1CC(O)COc1ccc(C(C)(C)c2ccc(OCC(O)CCl)cc2)cc1. The zero-order chi connectivity index (χ0) is 24.7. The molecular formula is C25H32ClN3O5. The summed E-state index contributed by atoms with van der Waals surface area (Å²) in [7, 11) is 0. The number of aliphatic hydroxyl groups is 3. The predicted molar refractivity (Wildman–Crippen MR) is 129 cm³/mol. The van der Waals surface area contributed by atoms with Crippen LogP contribution in [0.2, 0.25) is 0 Å². The fourth-order valence-electron chi connectivity index (χ4n) is 3.50. The van der Waals surface area contributed by atoms with Gasteiger partial charge < -0.3 is 24.8 Å². The minimum atomic E-state index is -0.769. The number of hydrogen-bond donors (Lipinski definition) is 3. The van der Waals surface area contributed by atoms with E-state index in [1.165, 1.54) is 0 Å². The average Bonchev–Trinajstić information content (AvgIpc) is 3.20. The number of rotatable bonds is 12. The van der Waals surface area contributed by atoms with E-state index in [2.05, 4.69) is 24.2 Å². The fourth-order valence-corrected chi connectivity index (χ4v) is 3.59. The van der Waals surface area contributed by atoms with Crippen LogP contribution in [0.5, 0.6) is 11.5 Å². The first kappa shape index (κ1) is 26.0. The van der Waals surface area contributed by atoms with Crippen molar-refractivity contribution in [3.63, 3.8) is 0 Å². The van der Waals surface area contributed by atoms with Gasteiger partial charge in [-0.25, -0.2) is 4.68 Å². The van der Waals surface area contributed by atoms with Crippen LogP contribution in [0.4, 0.5) is 0 Å². The van der Waals surface area contributed by atoms with Gasteiger partial charge in [-0.3, -0.25) is 0 Å². The molecule has 0 amide bonds. The summed E-state index contributed by atoms with van der Waals surface area (Å²) in [4.78, 5) is 0. The van der Waals surface area contributed by atoms with Gasteiger partial charge in [-0.2, -0.15) is 0 Å². The summed E-state index contributed by atoms with van der Waals surface area (Å²) in [6, 6.07) is 15.6. The molecule has 184 valence electrons. The van der Waals surface area contributed by atoms with Gasteiger partial charge in [0.1, 0.15) is 42.6 Å². The van der Waals surface area contributed by atoms with Crippen molar-refractivity contribution in [3.05, 3.63) is 71.0 Å². The van der Waals surface area contributed by atoms with Gasteiger partial charge in [0.25, 0.3) is 0 Å². The molecule has 3 aromatic rings. The minimum absolute atomic E-state index is 0.108. The number of hydrogen-bond acceptors (Lipinski definition) is 7. The average molecular weight is 490 g/mol. The maximum Gasteiger partial charge on any atom is 0.119 e. The number of aliphatic hydroxyl groups excluding tert-OH is 3. The molecule has 0 aliphatic carbocycles. The summed E-state index contributed by atoms with van der Waals surface area (Å²) in [6.45, 7) is 6.39. The molecular weight excluding hydrogens is 458 g/mol. The lowest BCUT2D eigenvalue weighted by atomic mass is 9.78. The van der Waals surface area contributed by atoms with Gasteiger partial charge in [0, 0.05) is 5.41 Å². The van der Waals surface area contributed by atoms with Crippen LogP contribution in [0.25, 0.3) is 0 Å². The summed E-state index contributed by atoms with van der Waals surface area (Å²) in [5.41, 5.74) is 3.20. The van der Waals surface area contributed by atoms with Gasteiger partial charge in [0.05, 0.1) is 24.7 Å².